The van der Waals surface area contributed by atoms with Crippen LogP contribution in [0.4, 0.5) is 0 Å². The van der Waals surface area contributed by atoms with Gasteiger partial charge in [-0.25, -0.2) is 4.63 Å². The number of likely N-dealkylation sites (tertiary alicyclic amines) is 1. The molecule has 2 aliphatic rings. The number of hydrogen-bond donors (Lipinski definition) is 0. The summed E-state index contributed by atoms with van der Waals surface area (Å²) in [5, 5.41) is 7.61. The summed E-state index contributed by atoms with van der Waals surface area (Å²) in [6.07, 6.45) is 3.52. The van der Waals surface area contributed by atoms with Crippen molar-refractivity contribution < 1.29 is 18.9 Å². The van der Waals surface area contributed by atoms with E-state index in [9.17, 15) is 4.79 Å². The average molecular weight is 357 g/mol. The summed E-state index contributed by atoms with van der Waals surface area (Å²) >= 11 is 0. The van der Waals surface area contributed by atoms with Gasteiger partial charge in [0.15, 0.2) is 0 Å². The average Bonchev–Trinajstić information content (AvgIpc) is 3.37. The van der Waals surface area contributed by atoms with Gasteiger partial charge in [-0.2, -0.15) is 0 Å². The van der Waals surface area contributed by atoms with Gasteiger partial charge in [-0.15, -0.1) is 0 Å². The van der Waals surface area contributed by atoms with Crippen molar-refractivity contribution in [3.63, 3.8) is 0 Å². The van der Waals surface area contributed by atoms with Gasteiger partial charge >= 0.3 is 0 Å². The third-order valence-electron chi connectivity index (χ3n) is 5.56. The highest BCUT2D eigenvalue weighted by Crippen LogP contribution is 2.43. The minimum Gasteiger partial charge on any atom is -0.497 e. The molecule has 4 rings (SSSR count). The molecule has 1 aromatic carbocycles. The quantitative estimate of drug-likeness (QED) is 0.790. The second kappa shape index (κ2) is 6.97. The Morgan fingerprint density at radius 3 is 2.92 bits per heavy atom. The summed E-state index contributed by atoms with van der Waals surface area (Å²) < 4.78 is 16.0. The number of carbonyl (C=O) groups excluding carboxylic acids is 1. The van der Waals surface area contributed by atoms with E-state index >= 15 is 0 Å². The number of methoxy groups -OCH3 is 1. The smallest absolute Gasteiger partial charge is 0.229 e. The van der Waals surface area contributed by atoms with Crippen molar-refractivity contribution >= 4 is 5.91 Å². The molecule has 2 heterocycles. The van der Waals surface area contributed by atoms with Gasteiger partial charge in [-0.05, 0) is 44.2 Å². The molecular weight excluding hydrogens is 334 g/mol. The molecule has 0 N–H and O–H groups in total. The number of aryl methyl sites for hydroxylation is 1. The number of hydrogen-bond acceptors (Lipinski definition) is 6. The van der Waals surface area contributed by atoms with Crippen LogP contribution in [0.25, 0.3) is 0 Å². The number of nitrogens with zero attached hydrogens (tertiary/aromatic N) is 3. The Bertz CT molecular complexity index is 791. The maximum atomic E-state index is 12.9. The summed E-state index contributed by atoms with van der Waals surface area (Å²) in [5.41, 5.74) is 1.29. The summed E-state index contributed by atoms with van der Waals surface area (Å²) in [5.74, 6) is 2.11. The van der Waals surface area contributed by atoms with E-state index in [1.807, 2.05) is 29.2 Å². The van der Waals surface area contributed by atoms with E-state index in [4.69, 9.17) is 14.1 Å². The molecule has 138 valence electrons. The van der Waals surface area contributed by atoms with Crippen LogP contribution in [0.5, 0.6) is 11.5 Å². The number of rotatable bonds is 6. The molecule has 2 fully saturated rings. The monoisotopic (exact) mass is 357 g/mol. The molecule has 7 nitrogen and oxygen atoms in total. The van der Waals surface area contributed by atoms with Crippen LogP contribution < -0.4 is 9.47 Å². The molecule has 1 amide bonds. The zero-order valence-electron chi connectivity index (χ0n) is 15.1. The van der Waals surface area contributed by atoms with Crippen LogP contribution in [-0.2, 0) is 11.2 Å². The zero-order valence-corrected chi connectivity index (χ0v) is 15.1. The molecule has 7 heteroatoms. The lowest BCUT2D eigenvalue weighted by atomic mass is 9.99. The lowest BCUT2D eigenvalue weighted by molar-refractivity contribution is -0.135. The van der Waals surface area contributed by atoms with E-state index < -0.39 is 0 Å². The van der Waals surface area contributed by atoms with E-state index in [1.54, 1.807) is 14.0 Å². The number of fused-ring (bicyclic) bond motifs is 2. The first-order valence-electron chi connectivity index (χ1n) is 9.01. The molecule has 26 heavy (non-hydrogen) atoms. The lowest BCUT2D eigenvalue weighted by Gasteiger charge is -2.35. The maximum absolute atomic E-state index is 12.9. The molecule has 1 saturated heterocycles. The predicted molar refractivity (Wildman–Crippen MR) is 93.0 cm³/mol. The van der Waals surface area contributed by atoms with Crippen molar-refractivity contribution in [2.75, 3.05) is 13.7 Å². The number of benzene rings is 1. The second-order valence-corrected chi connectivity index (χ2v) is 7.06. The fourth-order valence-corrected chi connectivity index (χ4v) is 4.21. The maximum Gasteiger partial charge on any atom is 0.229 e. The van der Waals surface area contributed by atoms with E-state index in [2.05, 4.69) is 10.3 Å². The third kappa shape index (κ3) is 3.13. The van der Waals surface area contributed by atoms with Crippen LogP contribution >= 0.6 is 0 Å². The zero-order chi connectivity index (χ0) is 18.1. The highest BCUT2D eigenvalue weighted by Gasteiger charge is 2.48. The Hall–Kier alpha value is -2.57. The summed E-state index contributed by atoms with van der Waals surface area (Å²) in [6.45, 7) is 2.30. The first-order valence-corrected chi connectivity index (χ1v) is 9.01. The molecular formula is C19H23N3O4. The van der Waals surface area contributed by atoms with Gasteiger partial charge in [0.1, 0.15) is 29.5 Å². The minimum atomic E-state index is 0.0789. The number of aromatic nitrogens is 2. The first-order chi connectivity index (χ1) is 12.7. The highest BCUT2D eigenvalue weighted by molar-refractivity contribution is 5.79. The Morgan fingerprint density at radius 2 is 2.15 bits per heavy atom. The standard InChI is InChI=1S/C19H23N3O4/c1-12-17(21-26-20-12)10-19(23)22-14-7-6-13(8-14)18(22)11-25-16-5-3-4-15(9-16)24-2/h3-5,9,13-14,18H,6-8,10-11H2,1-2H3/t13?,14?,18-/m0/s1. The van der Waals surface area contributed by atoms with Crippen molar-refractivity contribution in [2.45, 2.75) is 44.7 Å². The van der Waals surface area contributed by atoms with Crippen molar-refractivity contribution in [1.29, 1.82) is 0 Å². The van der Waals surface area contributed by atoms with Crippen LogP contribution in [0, 0.1) is 12.8 Å². The first kappa shape index (κ1) is 16.9. The van der Waals surface area contributed by atoms with Crippen molar-refractivity contribution in [3.05, 3.63) is 35.7 Å². The van der Waals surface area contributed by atoms with E-state index in [1.165, 1.54) is 0 Å². The molecule has 2 bridgehead atoms. The molecule has 1 aromatic heterocycles. The number of carbonyl (C=O) groups is 1. The van der Waals surface area contributed by atoms with Crippen LogP contribution in [0.1, 0.15) is 30.7 Å². The Labute approximate surface area is 152 Å². The van der Waals surface area contributed by atoms with Crippen molar-refractivity contribution in [2.24, 2.45) is 5.92 Å². The van der Waals surface area contributed by atoms with Gasteiger partial charge in [-0.3, -0.25) is 4.79 Å². The van der Waals surface area contributed by atoms with Gasteiger partial charge in [-0.1, -0.05) is 16.4 Å². The molecule has 1 saturated carbocycles. The summed E-state index contributed by atoms with van der Waals surface area (Å²) in [6, 6.07) is 7.97. The molecule has 0 radical (unpaired) electrons. The second-order valence-electron chi connectivity index (χ2n) is 7.06. The van der Waals surface area contributed by atoms with E-state index in [0.717, 1.165) is 30.8 Å². The Kier molecular flexibility index (Phi) is 4.53. The van der Waals surface area contributed by atoms with Crippen molar-refractivity contribution in [3.8, 4) is 11.5 Å². The van der Waals surface area contributed by atoms with Crippen LogP contribution in [0.3, 0.4) is 0 Å². The van der Waals surface area contributed by atoms with Crippen LogP contribution in [-0.4, -0.2) is 46.9 Å². The molecule has 3 atom stereocenters. The van der Waals surface area contributed by atoms with Gasteiger partial charge < -0.3 is 14.4 Å². The minimum absolute atomic E-state index is 0.0789. The summed E-state index contributed by atoms with van der Waals surface area (Å²) in [7, 11) is 1.64. The summed E-state index contributed by atoms with van der Waals surface area (Å²) in [4.78, 5) is 14.9. The van der Waals surface area contributed by atoms with Gasteiger partial charge in [0.25, 0.3) is 0 Å². The molecule has 2 aromatic rings. The van der Waals surface area contributed by atoms with Crippen LogP contribution in [0.15, 0.2) is 28.9 Å². The number of amides is 1. The molecule has 2 unspecified atom stereocenters. The Morgan fingerprint density at radius 1 is 1.31 bits per heavy atom. The predicted octanol–water partition coefficient (Wildman–Crippen LogP) is 2.39. The van der Waals surface area contributed by atoms with Gasteiger partial charge in [0.05, 0.1) is 19.6 Å². The lowest BCUT2D eigenvalue weighted by Crippen LogP contribution is -2.48. The van der Waals surface area contributed by atoms with E-state index in [-0.39, 0.29) is 18.4 Å². The number of piperidine rings is 1. The molecule has 1 aliphatic carbocycles. The molecule has 0 spiro atoms. The van der Waals surface area contributed by atoms with Gasteiger partial charge in [0, 0.05) is 12.1 Å². The van der Waals surface area contributed by atoms with E-state index in [0.29, 0.717) is 30.0 Å². The third-order valence-corrected chi connectivity index (χ3v) is 5.56. The van der Waals surface area contributed by atoms with Crippen molar-refractivity contribution in [1.82, 2.24) is 15.2 Å². The van der Waals surface area contributed by atoms with Gasteiger partial charge in [0.2, 0.25) is 5.91 Å². The fraction of sp³-hybridized carbons (Fsp3) is 0.526. The fourth-order valence-electron chi connectivity index (χ4n) is 4.21. The largest absolute Gasteiger partial charge is 0.497 e. The normalized spacial score (nSPS) is 24.1. The SMILES string of the molecule is COc1cccc(OC[C@H]2C3CCC(C3)N2C(=O)Cc2nonc2C)c1. The topological polar surface area (TPSA) is 77.7 Å². The highest BCUT2D eigenvalue weighted by atomic mass is 16.6. The Balaban J connectivity index is 1.45. The molecule has 1 aliphatic heterocycles. The number of ether oxygens (including phenoxy) is 2. The van der Waals surface area contributed by atoms with Crippen LogP contribution in [0.2, 0.25) is 0 Å².